The highest BCUT2D eigenvalue weighted by Gasteiger charge is 2.49. The second-order valence-corrected chi connectivity index (χ2v) is 8.32. The van der Waals surface area contributed by atoms with E-state index in [9.17, 15) is 9.59 Å². The molecule has 2 amide bonds. The molecule has 4 rings (SSSR count). The Kier molecular flexibility index (Phi) is 4.97. The summed E-state index contributed by atoms with van der Waals surface area (Å²) >= 11 is 0. The highest BCUT2D eigenvalue weighted by Crippen LogP contribution is 2.37. The molecule has 7 nitrogen and oxygen atoms in total. The molecule has 0 saturated carbocycles. The van der Waals surface area contributed by atoms with Gasteiger partial charge in [0.1, 0.15) is 16.9 Å². The molecule has 1 atom stereocenters. The van der Waals surface area contributed by atoms with Gasteiger partial charge in [0.25, 0.3) is 5.91 Å². The van der Waals surface area contributed by atoms with Crippen molar-refractivity contribution in [2.24, 2.45) is 5.92 Å². The third kappa shape index (κ3) is 3.49. The van der Waals surface area contributed by atoms with Crippen molar-refractivity contribution in [3.63, 3.8) is 0 Å². The van der Waals surface area contributed by atoms with Gasteiger partial charge >= 0.3 is 0 Å². The van der Waals surface area contributed by atoms with Gasteiger partial charge in [0.2, 0.25) is 5.91 Å². The molecule has 27 heavy (non-hydrogen) atoms. The van der Waals surface area contributed by atoms with Gasteiger partial charge in [-0.15, -0.1) is 0 Å². The van der Waals surface area contributed by atoms with E-state index in [-0.39, 0.29) is 17.4 Å². The summed E-state index contributed by atoms with van der Waals surface area (Å²) in [4.78, 5) is 28.5. The van der Waals surface area contributed by atoms with Crippen molar-refractivity contribution in [2.75, 3.05) is 32.8 Å². The molecule has 3 aliphatic heterocycles. The molecule has 4 heterocycles. The molecule has 0 aliphatic carbocycles. The van der Waals surface area contributed by atoms with Crippen LogP contribution in [-0.2, 0) is 16.0 Å². The SMILES string of the molecule is CCCc1onc(C)c1C(=O)N1CC2(CCC(CN3CCCC3=O)CO2)C1. The zero-order chi connectivity index (χ0) is 19.0. The van der Waals surface area contributed by atoms with Crippen molar-refractivity contribution in [2.45, 2.75) is 58.0 Å². The van der Waals surface area contributed by atoms with E-state index >= 15 is 0 Å². The van der Waals surface area contributed by atoms with Gasteiger partial charge in [0.05, 0.1) is 25.4 Å². The smallest absolute Gasteiger partial charge is 0.259 e. The molecular weight excluding hydrogens is 346 g/mol. The predicted molar refractivity (Wildman–Crippen MR) is 98.4 cm³/mol. The van der Waals surface area contributed by atoms with Crippen LogP contribution in [0.15, 0.2) is 4.52 Å². The summed E-state index contributed by atoms with van der Waals surface area (Å²) < 4.78 is 11.5. The second kappa shape index (κ2) is 7.26. The fourth-order valence-electron chi connectivity index (χ4n) is 4.56. The van der Waals surface area contributed by atoms with Crippen molar-refractivity contribution in [1.29, 1.82) is 0 Å². The Bertz CT molecular complexity index is 713. The first-order valence-corrected chi connectivity index (χ1v) is 10.2. The lowest BCUT2D eigenvalue weighted by molar-refractivity contribution is -0.169. The minimum atomic E-state index is -0.197. The summed E-state index contributed by atoms with van der Waals surface area (Å²) in [5.41, 5.74) is 1.11. The quantitative estimate of drug-likeness (QED) is 0.788. The Labute approximate surface area is 160 Å². The predicted octanol–water partition coefficient (Wildman–Crippen LogP) is 2.18. The maximum absolute atomic E-state index is 12.9. The maximum Gasteiger partial charge on any atom is 0.259 e. The number of hydrogen-bond donors (Lipinski definition) is 0. The van der Waals surface area contributed by atoms with Crippen molar-refractivity contribution < 1.29 is 18.8 Å². The van der Waals surface area contributed by atoms with Gasteiger partial charge in [-0.05, 0) is 32.6 Å². The number of likely N-dealkylation sites (tertiary alicyclic amines) is 2. The third-order valence-corrected chi connectivity index (χ3v) is 6.15. The Morgan fingerprint density at radius 1 is 1.37 bits per heavy atom. The van der Waals surface area contributed by atoms with Crippen LogP contribution in [0.3, 0.4) is 0 Å². The number of hydrogen-bond acceptors (Lipinski definition) is 5. The van der Waals surface area contributed by atoms with Crippen LogP contribution >= 0.6 is 0 Å². The molecule has 1 unspecified atom stereocenters. The Morgan fingerprint density at radius 2 is 2.19 bits per heavy atom. The number of carbonyl (C=O) groups excluding carboxylic acids is 2. The lowest BCUT2D eigenvalue weighted by Gasteiger charge is -2.52. The van der Waals surface area contributed by atoms with Crippen LogP contribution in [0.2, 0.25) is 0 Å². The van der Waals surface area contributed by atoms with E-state index in [4.69, 9.17) is 9.26 Å². The molecular formula is C20H29N3O4. The zero-order valence-electron chi connectivity index (χ0n) is 16.3. The maximum atomic E-state index is 12.9. The normalized spacial score (nSPS) is 24.5. The summed E-state index contributed by atoms with van der Waals surface area (Å²) in [6.45, 7) is 7.55. The number of amides is 2. The molecule has 1 spiro atoms. The Balaban J connectivity index is 1.30. The van der Waals surface area contributed by atoms with Crippen molar-refractivity contribution in [3.8, 4) is 0 Å². The molecule has 148 valence electrons. The molecule has 0 N–H and O–H groups in total. The lowest BCUT2D eigenvalue weighted by Crippen LogP contribution is -2.66. The van der Waals surface area contributed by atoms with Crippen molar-refractivity contribution in [1.82, 2.24) is 15.0 Å². The zero-order valence-corrected chi connectivity index (χ0v) is 16.3. The minimum absolute atomic E-state index is 0.0104. The number of aryl methyl sites for hydroxylation is 2. The van der Waals surface area contributed by atoms with Gasteiger partial charge in [-0.3, -0.25) is 9.59 Å². The fourth-order valence-corrected chi connectivity index (χ4v) is 4.56. The van der Waals surface area contributed by atoms with E-state index in [1.165, 1.54) is 0 Å². The minimum Gasteiger partial charge on any atom is -0.371 e. The van der Waals surface area contributed by atoms with Crippen molar-refractivity contribution >= 4 is 11.8 Å². The highest BCUT2D eigenvalue weighted by molar-refractivity contribution is 5.96. The number of aromatic nitrogens is 1. The van der Waals surface area contributed by atoms with E-state index < -0.39 is 0 Å². The van der Waals surface area contributed by atoms with Gasteiger partial charge in [0.15, 0.2) is 0 Å². The molecule has 3 fully saturated rings. The monoisotopic (exact) mass is 375 g/mol. The van der Waals surface area contributed by atoms with Crippen LogP contribution in [0.4, 0.5) is 0 Å². The first-order chi connectivity index (χ1) is 13.0. The van der Waals surface area contributed by atoms with Crippen LogP contribution in [-0.4, -0.2) is 65.2 Å². The molecule has 0 aromatic carbocycles. The van der Waals surface area contributed by atoms with Crippen molar-refractivity contribution in [3.05, 3.63) is 17.0 Å². The molecule has 1 aromatic rings. The first kappa shape index (κ1) is 18.5. The van der Waals surface area contributed by atoms with Crippen LogP contribution in [0.5, 0.6) is 0 Å². The van der Waals surface area contributed by atoms with Gasteiger partial charge < -0.3 is 19.1 Å². The van der Waals surface area contributed by atoms with E-state index in [0.29, 0.717) is 49.1 Å². The Hall–Kier alpha value is -1.89. The Morgan fingerprint density at radius 3 is 2.81 bits per heavy atom. The summed E-state index contributed by atoms with van der Waals surface area (Å²) in [5.74, 6) is 1.40. The fraction of sp³-hybridized carbons (Fsp3) is 0.750. The number of rotatable bonds is 5. The van der Waals surface area contributed by atoms with Crippen LogP contribution in [0.1, 0.15) is 60.8 Å². The average Bonchev–Trinajstić information content (AvgIpc) is 3.19. The third-order valence-electron chi connectivity index (χ3n) is 6.15. The molecule has 3 aliphatic rings. The molecule has 0 radical (unpaired) electrons. The summed E-state index contributed by atoms with van der Waals surface area (Å²) in [7, 11) is 0. The topological polar surface area (TPSA) is 75.9 Å². The number of ether oxygens (including phenoxy) is 1. The largest absolute Gasteiger partial charge is 0.371 e. The van der Waals surface area contributed by atoms with Crippen LogP contribution < -0.4 is 0 Å². The second-order valence-electron chi connectivity index (χ2n) is 8.32. The van der Waals surface area contributed by atoms with E-state index in [1.54, 1.807) is 0 Å². The van der Waals surface area contributed by atoms with E-state index in [1.807, 2.05) is 16.7 Å². The van der Waals surface area contributed by atoms with Gasteiger partial charge in [0, 0.05) is 31.8 Å². The van der Waals surface area contributed by atoms with E-state index in [2.05, 4.69) is 12.1 Å². The summed E-state index contributed by atoms with van der Waals surface area (Å²) in [6, 6.07) is 0. The van der Waals surface area contributed by atoms with Gasteiger partial charge in [-0.2, -0.15) is 0 Å². The van der Waals surface area contributed by atoms with Crippen LogP contribution in [0.25, 0.3) is 0 Å². The summed E-state index contributed by atoms with van der Waals surface area (Å²) in [6.07, 6.45) is 5.33. The van der Waals surface area contributed by atoms with Gasteiger partial charge in [-0.1, -0.05) is 12.1 Å². The number of nitrogens with zero attached hydrogens (tertiary/aromatic N) is 3. The molecule has 1 aromatic heterocycles. The van der Waals surface area contributed by atoms with E-state index in [0.717, 1.165) is 45.2 Å². The van der Waals surface area contributed by atoms with Gasteiger partial charge in [-0.25, -0.2) is 0 Å². The standard InChI is InChI=1S/C20H29N3O4/c1-3-5-16-18(14(2)21-27-16)19(25)23-12-20(13-23)8-7-15(11-26-20)10-22-9-4-6-17(22)24/h15H,3-13H2,1-2H3. The lowest BCUT2D eigenvalue weighted by atomic mass is 9.82. The molecule has 0 bridgehead atoms. The first-order valence-electron chi connectivity index (χ1n) is 10.2. The highest BCUT2D eigenvalue weighted by atomic mass is 16.5. The molecule has 7 heteroatoms. The average molecular weight is 375 g/mol. The number of carbonyl (C=O) groups is 2. The summed E-state index contributed by atoms with van der Waals surface area (Å²) in [5, 5.41) is 3.98. The molecule has 3 saturated heterocycles. The van der Waals surface area contributed by atoms with Crippen LogP contribution in [0, 0.1) is 12.8 Å².